The Bertz CT molecular complexity index is 1280. The Labute approximate surface area is 219 Å². The zero-order chi connectivity index (χ0) is 28.0. The van der Waals surface area contributed by atoms with Crippen molar-refractivity contribution >= 4 is 11.9 Å². The Morgan fingerprint density at radius 1 is 0.974 bits per heavy atom. The van der Waals surface area contributed by atoms with Gasteiger partial charge in [0.2, 0.25) is 5.91 Å². The maximum Gasteiger partial charge on any atom is 0.416 e. The molecule has 1 amide bonds. The van der Waals surface area contributed by atoms with Gasteiger partial charge in [-0.15, -0.1) is 0 Å². The Morgan fingerprint density at radius 2 is 1.66 bits per heavy atom. The number of ether oxygens (including phenoxy) is 2. The Balaban J connectivity index is 2.12. The lowest BCUT2D eigenvalue weighted by Gasteiger charge is -2.33. The van der Waals surface area contributed by atoms with Crippen LogP contribution in [0.3, 0.4) is 0 Å². The van der Waals surface area contributed by atoms with Crippen LogP contribution in [0.2, 0.25) is 0 Å². The van der Waals surface area contributed by atoms with Gasteiger partial charge in [-0.1, -0.05) is 42.5 Å². The monoisotopic (exact) mass is 529 g/mol. The molecule has 0 bridgehead atoms. The van der Waals surface area contributed by atoms with Gasteiger partial charge in [0, 0.05) is 19.0 Å². The summed E-state index contributed by atoms with van der Waals surface area (Å²) in [6, 6.07) is 16.2. The number of aliphatic hydroxyl groups excluding tert-OH is 1. The third-order valence-corrected chi connectivity index (χ3v) is 6.40. The van der Waals surface area contributed by atoms with Crippen molar-refractivity contribution in [1.29, 1.82) is 0 Å². The van der Waals surface area contributed by atoms with Gasteiger partial charge in [-0.2, -0.15) is 13.2 Å². The summed E-state index contributed by atoms with van der Waals surface area (Å²) in [5, 5.41) is 10.9. The molecule has 0 fully saturated rings. The van der Waals surface area contributed by atoms with Gasteiger partial charge in [-0.3, -0.25) is 9.59 Å². The summed E-state index contributed by atoms with van der Waals surface area (Å²) in [4.78, 5) is 25.9. The molecule has 0 saturated heterocycles. The van der Waals surface area contributed by atoms with Crippen LogP contribution in [0.4, 0.5) is 13.2 Å². The average molecular weight is 530 g/mol. The van der Waals surface area contributed by atoms with Gasteiger partial charge in [-0.25, -0.2) is 0 Å². The van der Waals surface area contributed by atoms with Gasteiger partial charge in [0.1, 0.15) is 5.75 Å². The van der Waals surface area contributed by atoms with E-state index in [1.165, 1.54) is 32.1 Å². The molecule has 2 atom stereocenters. The molecule has 3 rings (SSSR count). The first-order valence-corrected chi connectivity index (χ1v) is 11.9. The number of nitrogens with zero attached hydrogens (tertiary/aromatic N) is 1. The molecular weight excluding hydrogens is 499 g/mol. The second-order valence-electron chi connectivity index (χ2n) is 8.90. The second kappa shape index (κ2) is 12.1. The van der Waals surface area contributed by atoms with Crippen LogP contribution >= 0.6 is 0 Å². The van der Waals surface area contributed by atoms with Gasteiger partial charge in [0.15, 0.2) is 0 Å². The highest BCUT2D eigenvalue weighted by Gasteiger charge is 2.32. The van der Waals surface area contributed by atoms with Crippen LogP contribution in [0, 0.1) is 0 Å². The van der Waals surface area contributed by atoms with Crippen LogP contribution in [0.15, 0.2) is 66.7 Å². The Kier molecular flexibility index (Phi) is 9.17. The van der Waals surface area contributed by atoms with Gasteiger partial charge >= 0.3 is 12.1 Å². The van der Waals surface area contributed by atoms with Crippen molar-refractivity contribution in [2.75, 3.05) is 14.2 Å². The summed E-state index contributed by atoms with van der Waals surface area (Å²) in [5.74, 6) is -0.506. The third kappa shape index (κ3) is 6.72. The van der Waals surface area contributed by atoms with Crippen LogP contribution in [-0.4, -0.2) is 42.1 Å². The van der Waals surface area contributed by atoms with Crippen LogP contribution < -0.4 is 4.74 Å². The van der Waals surface area contributed by atoms with Gasteiger partial charge < -0.3 is 19.5 Å². The number of amides is 1. The summed E-state index contributed by atoms with van der Waals surface area (Å²) >= 11 is 0. The first-order valence-electron chi connectivity index (χ1n) is 11.9. The van der Waals surface area contributed by atoms with Crippen molar-refractivity contribution in [3.8, 4) is 16.9 Å². The van der Waals surface area contributed by atoms with Crippen LogP contribution in [0.25, 0.3) is 11.1 Å². The smallest absolute Gasteiger partial charge is 0.416 e. The molecule has 1 N–H and O–H groups in total. The topological polar surface area (TPSA) is 76.1 Å². The van der Waals surface area contributed by atoms with E-state index in [1.54, 1.807) is 55.5 Å². The number of benzene rings is 3. The van der Waals surface area contributed by atoms with E-state index in [0.29, 0.717) is 28.0 Å². The maximum atomic E-state index is 13.7. The lowest BCUT2D eigenvalue weighted by Crippen LogP contribution is -2.40. The third-order valence-electron chi connectivity index (χ3n) is 6.40. The van der Waals surface area contributed by atoms with E-state index in [4.69, 9.17) is 9.47 Å². The molecule has 9 heteroatoms. The number of hydrogen-bond donors (Lipinski definition) is 1. The molecule has 3 aromatic rings. The minimum Gasteiger partial charge on any atom is -0.496 e. The number of methoxy groups -OCH3 is 2. The number of carbonyl (C=O) groups is 2. The molecular formula is C29H30F3NO5. The zero-order valence-electron chi connectivity index (χ0n) is 21.6. The maximum absolute atomic E-state index is 13.7. The fraction of sp³-hybridized carbons (Fsp3) is 0.310. The Hall–Kier alpha value is -3.85. The zero-order valence-corrected chi connectivity index (χ0v) is 21.6. The van der Waals surface area contributed by atoms with E-state index < -0.39 is 35.8 Å². The number of aliphatic hydroxyl groups is 1. The summed E-state index contributed by atoms with van der Waals surface area (Å²) < 4.78 is 51.3. The summed E-state index contributed by atoms with van der Waals surface area (Å²) in [6.07, 6.45) is -5.71. The van der Waals surface area contributed by atoms with Crippen molar-refractivity contribution in [2.24, 2.45) is 0 Å². The predicted molar refractivity (Wildman–Crippen MR) is 136 cm³/mol. The lowest BCUT2D eigenvalue weighted by atomic mass is 9.93. The Morgan fingerprint density at radius 3 is 2.24 bits per heavy atom. The highest BCUT2D eigenvalue weighted by Crippen LogP contribution is 2.38. The number of halogens is 3. The number of hydrogen-bond acceptors (Lipinski definition) is 5. The summed E-state index contributed by atoms with van der Waals surface area (Å²) in [7, 11) is 2.70. The molecule has 0 aliphatic rings. The van der Waals surface area contributed by atoms with Gasteiger partial charge in [-0.05, 0) is 53.4 Å². The molecule has 0 aliphatic carbocycles. The molecule has 0 heterocycles. The fourth-order valence-electron chi connectivity index (χ4n) is 4.30. The molecule has 0 saturated carbocycles. The van der Waals surface area contributed by atoms with E-state index in [9.17, 15) is 27.9 Å². The number of esters is 1. The van der Waals surface area contributed by atoms with E-state index >= 15 is 0 Å². The molecule has 6 nitrogen and oxygen atoms in total. The van der Waals surface area contributed by atoms with Gasteiger partial charge in [0.05, 0.1) is 38.3 Å². The SMILES string of the molecule is COC(=O)Cc1ccc(OC)c(-c2ccc(C(F)(F)F)cc2CN(C(C)=O)[C@@H](C)[C@H](O)c2ccccc2)c1. The van der Waals surface area contributed by atoms with E-state index in [1.807, 2.05) is 0 Å². The largest absolute Gasteiger partial charge is 0.496 e. The minimum absolute atomic E-state index is 0.0384. The molecule has 0 unspecified atom stereocenters. The first kappa shape index (κ1) is 28.7. The molecule has 38 heavy (non-hydrogen) atoms. The number of alkyl halides is 3. The van der Waals surface area contributed by atoms with E-state index in [-0.39, 0.29) is 18.5 Å². The average Bonchev–Trinajstić information content (AvgIpc) is 2.90. The molecule has 202 valence electrons. The fourth-order valence-corrected chi connectivity index (χ4v) is 4.30. The number of rotatable bonds is 9. The van der Waals surface area contributed by atoms with Crippen molar-refractivity contribution in [2.45, 2.75) is 45.1 Å². The van der Waals surface area contributed by atoms with Crippen molar-refractivity contribution in [3.63, 3.8) is 0 Å². The van der Waals surface area contributed by atoms with Crippen LogP contribution in [0.5, 0.6) is 5.75 Å². The normalized spacial score (nSPS) is 12.9. The van der Waals surface area contributed by atoms with Crippen molar-refractivity contribution in [3.05, 3.63) is 89.0 Å². The van der Waals surface area contributed by atoms with Crippen LogP contribution in [-0.2, 0) is 33.5 Å². The molecule has 0 aromatic heterocycles. The highest BCUT2D eigenvalue weighted by molar-refractivity contribution is 5.79. The standard InChI is InChI=1S/C29H30F3NO5/c1-18(28(36)21-8-6-5-7-9-21)33(19(2)34)17-22-16-23(29(30,31)32)11-12-24(22)25-14-20(15-27(35)38-4)10-13-26(25)37-3/h5-14,16,18,28,36H,15,17H2,1-4H3/t18-,28-/m0/s1. The van der Waals surface area contributed by atoms with E-state index in [2.05, 4.69) is 0 Å². The molecule has 0 aliphatic heterocycles. The molecule has 0 radical (unpaired) electrons. The van der Waals surface area contributed by atoms with E-state index in [0.717, 1.165) is 12.1 Å². The first-order chi connectivity index (χ1) is 18.0. The summed E-state index contributed by atoms with van der Waals surface area (Å²) in [5.41, 5.74) is 1.34. The molecule has 0 spiro atoms. The van der Waals surface area contributed by atoms with Gasteiger partial charge in [0.25, 0.3) is 0 Å². The van der Waals surface area contributed by atoms with Crippen LogP contribution in [0.1, 0.15) is 42.2 Å². The minimum atomic E-state index is -4.61. The van der Waals surface area contributed by atoms with Crippen molar-refractivity contribution in [1.82, 2.24) is 4.90 Å². The lowest BCUT2D eigenvalue weighted by molar-refractivity contribution is -0.140. The highest BCUT2D eigenvalue weighted by atomic mass is 19.4. The summed E-state index contributed by atoms with van der Waals surface area (Å²) in [6.45, 7) is 2.74. The quantitative estimate of drug-likeness (QED) is 0.367. The second-order valence-corrected chi connectivity index (χ2v) is 8.90. The number of carbonyl (C=O) groups excluding carboxylic acids is 2. The molecule has 3 aromatic carbocycles. The predicted octanol–water partition coefficient (Wildman–Crippen LogP) is 5.57. The van der Waals surface area contributed by atoms with Crippen molar-refractivity contribution < 1.29 is 37.3 Å².